The SMILES string of the molecule is CCCCCN1C(=N)c2ccccc2CC1C. The molecule has 0 fully saturated rings. The number of hydrogen-bond acceptors (Lipinski definition) is 1. The number of unbranched alkanes of at least 4 members (excludes halogenated alkanes) is 2. The van der Waals surface area contributed by atoms with Crippen molar-refractivity contribution >= 4 is 5.84 Å². The molecule has 0 aliphatic carbocycles. The molecule has 0 aromatic heterocycles. The van der Waals surface area contributed by atoms with Gasteiger partial charge in [-0.3, -0.25) is 5.41 Å². The Labute approximate surface area is 104 Å². The highest BCUT2D eigenvalue weighted by Gasteiger charge is 2.25. The highest BCUT2D eigenvalue weighted by Crippen LogP contribution is 2.23. The minimum atomic E-state index is 0.467. The van der Waals surface area contributed by atoms with Gasteiger partial charge in [0.15, 0.2) is 0 Å². The van der Waals surface area contributed by atoms with Gasteiger partial charge < -0.3 is 4.90 Å². The fraction of sp³-hybridized carbons (Fsp3) is 0.533. The molecule has 1 atom stereocenters. The lowest BCUT2D eigenvalue weighted by molar-refractivity contribution is 0.310. The third kappa shape index (κ3) is 2.51. The number of amidine groups is 1. The summed E-state index contributed by atoms with van der Waals surface area (Å²) in [6.45, 7) is 5.48. The Balaban J connectivity index is 2.13. The normalized spacial score (nSPS) is 19.3. The maximum absolute atomic E-state index is 8.32. The molecule has 0 radical (unpaired) electrons. The van der Waals surface area contributed by atoms with E-state index in [2.05, 4.69) is 36.9 Å². The number of hydrogen-bond donors (Lipinski definition) is 1. The highest BCUT2D eigenvalue weighted by molar-refractivity contribution is 5.99. The zero-order chi connectivity index (χ0) is 12.3. The Hall–Kier alpha value is -1.31. The van der Waals surface area contributed by atoms with E-state index in [0.717, 1.165) is 24.4 Å². The Morgan fingerprint density at radius 3 is 2.82 bits per heavy atom. The van der Waals surface area contributed by atoms with E-state index >= 15 is 0 Å². The van der Waals surface area contributed by atoms with Crippen molar-refractivity contribution in [2.45, 2.75) is 45.6 Å². The first-order valence-electron chi connectivity index (χ1n) is 6.67. The van der Waals surface area contributed by atoms with Gasteiger partial charge in [0.2, 0.25) is 0 Å². The van der Waals surface area contributed by atoms with Crippen molar-refractivity contribution < 1.29 is 0 Å². The lowest BCUT2D eigenvalue weighted by Gasteiger charge is -2.37. The van der Waals surface area contributed by atoms with Crippen LogP contribution in [0.15, 0.2) is 24.3 Å². The Bertz CT molecular complexity index is 398. The first-order chi connectivity index (χ1) is 8.24. The monoisotopic (exact) mass is 230 g/mol. The summed E-state index contributed by atoms with van der Waals surface area (Å²) < 4.78 is 0. The van der Waals surface area contributed by atoms with E-state index in [1.807, 2.05) is 6.07 Å². The highest BCUT2D eigenvalue weighted by atomic mass is 15.2. The number of rotatable bonds is 4. The van der Waals surface area contributed by atoms with Crippen molar-refractivity contribution in [1.29, 1.82) is 5.41 Å². The molecule has 1 aliphatic rings. The smallest absolute Gasteiger partial charge is 0.128 e. The predicted molar refractivity (Wildman–Crippen MR) is 72.7 cm³/mol. The van der Waals surface area contributed by atoms with Gasteiger partial charge in [-0.2, -0.15) is 0 Å². The fourth-order valence-corrected chi connectivity index (χ4v) is 2.60. The second kappa shape index (κ2) is 5.35. The standard InChI is InChI=1S/C15H22N2/c1-3-4-7-10-17-12(2)11-13-8-5-6-9-14(13)15(17)16/h5-6,8-9,12,16H,3-4,7,10-11H2,1-2H3. The lowest BCUT2D eigenvalue weighted by Crippen LogP contribution is -2.44. The van der Waals surface area contributed by atoms with Gasteiger partial charge in [0.05, 0.1) is 0 Å². The predicted octanol–water partition coefficient (Wildman–Crippen LogP) is 3.45. The van der Waals surface area contributed by atoms with Crippen LogP contribution >= 0.6 is 0 Å². The molecule has 0 saturated carbocycles. The second-order valence-electron chi connectivity index (χ2n) is 4.96. The van der Waals surface area contributed by atoms with Crippen molar-refractivity contribution in [1.82, 2.24) is 4.90 Å². The second-order valence-corrected chi connectivity index (χ2v) is 4.96. The topological polar surface area (TPSA) is 27.1 Å². The molecular formula is C15H22N2. The van der Waals surface area contributed by atoms with Gasteiger partial charge >= 0.3 is 0 Å². The van der Waals surface area contributed by atoms with Crippen LogP contribution in [0.5, 0.6) is 0 Å². The van der Waals surface area contributed by atoms with Crippen molar-refractivity contribution in [3.63, 3.8) is 0 Å². The van der Waals surface area contributed by atoms with E-state index in [0.29, 0.717) is 6.04 Å². The minimum Gasteiger partial charge on any atom is -0.354 e. The lowest BCUT2D eigenvalue weighted by atomic mass is 9.93. The molecular weight excluding hydrogens is 208 g/mol. The number of nitrogens with zero attached hydrogens (tertiary/aromatic N) is 1. The number of benzene rings is 1. The van der Waals surface area contributed by atoms with Gasteiger partial charge in [-0.1, -0.05) is 44.0 Å². The van der Waals surface area contributed by atoms with Gasteiger partial charge in [0.25, 0.3) is 0 Å². The molecule has 1 N–H and O–H groups in total. The van der Waals surface area contributed by atoms with Gasteiger partial charge in [-0.25, -0.2) is 0 Å². The minimum absolute atomic E-state index is 0.467. The van der Waals surface area contributed by atoms with Crippen molar-refractivity contribution in [2.24, 2.45) is 0 Å². The number of nitrogens with one attached hydrogen (secondary N) is 1. The summed E-state index contributed by atoms with van der Waals surface area (Å²) in [6, 6.07) is 8.81. The maximum atomic E-state index is 8.32. The molecule has 0 amide bonds. The summed E-state index contributed by atoms with van der Waals surface area (Å²) in [5, 5.41) is 8.32. The zero-order valence-electron chi connectivity index (χ0n) is 10.9. The summed E-state index contributed by atoms with van der Waals surface area (Å²) in [5.74, 6) is 0.718. The maximum Gasteiger partial charge on any atom is 0.128 e. The van der Waals surface area contributed by atoms with Crippen LogP contribution in [-0.4, -0.2) is 23.3 Å². The van der Waals surface area contributed by atoms with E-state index in [1.54, 1.807) is 0 Å². The van der Waals surface area contributed by atoms with E-state index in [-0.39, 0.29) is 0 Å². The molecule has 1 aliphatic heterocycles. The third-order valence-electron chi connectivity index (χ3n) is 3.61. The first kappa shape index (κ1) is 12.2. The summed E-state index contributed by atoms with van der Waals surface area (Å²) in [6.07, 6.45) is 4.78. The molecule has 1 aromatic carbocycles. The average Bonchev–Trinajstić information content (AvgIpc) is 2.33. The van der Waals surface area contributed by atoms with Gasteiger partial charge in [-0.05, 0) is 25.3 Å². The molecule has 2 heteroatoms. The van der Waals surface area contributed by atoms with Crippen molar-refractivity contribution in [3.8, 4) is 0 Å². The Kier molecular flexibility index (Phi) is 3.82. The first-order valence-corrected chi connectivity index (χ1v) is 6.67. The molecule has 1 unspecified atom stereocenters. The van der Waals surface area contributed by atoms with E-state index in [1.165, 1.54) is 24.8 Å². The van der Waals surface area contributed by atoms with Crippen LogP contribution in [-0.2, 0) is 6.42 Å². The molecule has 0 bridgehead atoms. The van der Waals surface area contributed by atoms with Crippen molar-refractivity contribution in [2.75, 3.05) is 6.54 Å². The van der Waals surface area contributed by atoms with Crippen LogP contribution in [0.3, 0.4) is 0 Å². The molecule has 0 spiro atoms. The van der Waals surface area contributed by atoms with Crippen LogP contribution in [0.1, 0.15) is 44.2 Å². The summed E-state index contributed by atoms with van der Waals surface area (Å²) in [4.78, 5) is 2.26. The van der Waals surface area contributed by atoms with Crippen molar-refractivity contribution in [3.05, 3.63) is 35.4 Å². The van der Waals surface area contributed by atoms with E-state index < -0.39 is 0 Å². The number of fused-ring (bicyclic) bond motifs is 1. The Morgan fingerprint density at radius 1 is 1.29 bits per heavy atom. The van der Waals surface area contributed by atoms with Crippen LogP contribution in [0.4, 0.5) is 0 Å². The van der Waals surface area contributed by atoms with E-state index in [4.69, 9.17) is 5.41 Å². The molecule has 1 heterocycles. The molecule has 1 aromatic rings. The molecule has 17 heavy (non-hydrogen) atoms. The van der Waals surface area contributed by atoms with Crippen LogP contribution < -0.4 is 0 Å². The van der Waals surface area contributed by atoms with Crippen LogP contribution in [0, 0.1) is 5.41 Å². The molecule has 92 valence electrons. The fourth-order valence-electron chi connectivity index (χ4n) is 2.60. The van der Waals surface area contributed by atoms with Gasteiger partial charge in [-0.15, -0.1) is 0 Å². The zero-order valence-corrected chi connectivity index (χ0v) is 10.9. The largest absolute Gasteiger partial charge is 0.354 e. The summed E-state index contributed by atoms with van der Waals surface area (Å²) in [7, 11) is 0. The van der Waals surface area contributed by atoms with Crippen LogP contribution in [0.25, 0.3) is 0 Å². The molecule has 0 saturated heterocycles. The van der Waals surface area contributed by atoms with Gasteiger partial charge in [0.1, 0.15) is 5.84 Å². The van der Waals surface area contributed by atoms with Gasteiger partial charge in [0, 0.05) is 18.2 Å². The van der Waals surface area contributed by atoms with E-state index in [9.17, 15) is 0 Å². The average molecular weight is 230 g/mol. The molecule has 2 nitrogen and oxygen atoms in total. The third-order valence-corrected chi connectivity index (χ3v) is 3.61. The molecule has 2 rings (SSSR count). The summed E-state index contributed by atoms with van der Waals surface area (Å²) >= 11 is 0. The quantitative estimate of drug-likeness (QED) is 0.788. The Morgan fingerprint density at radius 2 is 2.06 bits per heavy atom. The van der Waals surface area contributed by atoms with Crippen LogP contribution in [0.2, 0.25) is 0 Å². The summed E-state index contributed by atoms with van der Waals surface area (Å²) in [5.41, 5.74) is 2.46.